The van der Waals surface area contributed by atoms with E-state index in [-0.39, 0.29) is 0 Å². The molecule has 0 bridgehead atoms. The van der Waals surface area contributed by atoms with Gasteiger partial charge in [0.05, 0.1) is 12.1 Å². The summed E-state index contributed by atoms with van der Waals surface area (Å²) in [6.07, 6.45) is 49.0. The minimum atomic E-state index is 0.310. The van der Waals surface area contributed by atoms with Crippen LogP contribution in [0.4, 0.5) is 0 Å². The molecule has 11 rings (SSSR count). The fourth-order valence-electron chi connectivity index (χ4n) is 10.6. The van der Waals surface area contributed by atoms with Crippen molar-refractivity contribution in [3.8, 4) is 0 Å². The van der Waals surface area contributed by atoms with Gasteiger partial charge in [-0.15, -0.1) is 0 Å². The standard InChI is InChI=1S/C50H44N2/c1-3-15-33(16-4-1)49-39-21-7-9-23-41(39)50(42-24-10-8-22-40(42)49)52-46-26-14-12-20-38(46)44-32-35(28-30-48(44)52)34-27-29-47-43(31-34)37-19-11-13-25-45(37)51(47)36-17-5-2-6-18-36/h1-3,5-12,15,17,19-24,27-29,31-32,36,39,41,48H,4,13-14,16,18,25-26,30H2. The van der Waals surface area contributed by atoms with Crippen LogP contribution in [0.1, 0.15) is 67.8 Å². The van der Waals surface area contributed by atoms with Crippen molar-refractivity contribution in [1.29, 1.82) is 0 Å². The third-order valence-electron chi connectivity index (χ3n) is 12.8. The van der Waals surface area contributed by atoms with Gasteiger partial charge in [-0.1, -0.05) is 128 Å². The molecule has 2 heteroatoms. The van der Waals surface area contributed by atoms with E-state index in [4.69, 9.17) is 0 Å². The van der Waals surface area contributed by atoms with Crippen molar-refractivity contribution in [2.75, 3.05) is 0 Å². The van der Waals surface area contributed by atoms with Gasteiger partial charge in [0.15, 0.2) is 0 Å². The van der Waals surface area contributed by atoms with Crippen LogP contribution < -0.4 is 10.4 Å². The van der Waals surface area contributed by atoms with E-state index in [0.29, 0.717) is 23.9 Å². The van der Waals surface area contributed by atoms with Crippen molar-refractivity contribution >= 4 is 33.8 Å². The Morgan fingerprint density at radius 1 is 0.692 bits per heavy atom. The first-order valence-corrected chi connectivity index (χ1v) is 19.7. The molecular weight excluding hydrogens is 629 g/mol. The molecule has 0 saturated carbocycles. The van der Waals surface area contributed by atoms with E-state index in [9.17, 15) is 0 Å². The molecule has 4 atom stereocenters. The second kappa shape index (κ2) is 12.1. The van der Waals surface area contributed by atoms with Crippen LogP contribution in [-0.4, -0.2) is 15.5 Å². The summed E-state index contributed by atoms with van der Waals surface area (Å²) in [4.78, 5) is 2.82. The molecule has 0 amide bonds. The summed E-state index contributed by atoms with van der Waals surface area (Å²) in [5.74, 6) is 0.656. The number of allylic oxidation sites excluding steroid dienone is 17. The number of nitrogens with zero attached hydrogens (tertiary/aromatic N) is 2. The first-order valence-electron chi connectivity index (χ1n) is 19.7. The molecule has 0 spiro atoms. The number of fused-ring (bicyclic) bond motifs is 7. The van der Waals surface area contributed by atoms with Crippen LogP contribution in [0.15, 0.2) is 162 Å². The van der Waals surface area contributed by atoms with E-state index in [2.05, 4.69) is 155 Å². The Labute approximate surface area is 306 Å². The number of hydrogen-bond donors (Lipinski definition) is 0. The molecule has 52 heavy (non-hydrogen) atoms. The Bertz CT molecular complexity index is 2540. The summed E-state index contributed by atoms with van der Waals surface area (Å²) < 4.78 is 2.63. The molecule has 2 aromatic carbocycles. The Morgan fingerprint density at radius 2 is 1.54 bits per heavy atom. The highest BCUT2D eigenvalue weighted by molar-refractivity contribution is 5.95. The van der Waals surface area contributed by atoms with Crippen LogP contribution >= 0.6 is 0 Å². The lowest BCUT2D eigenvalue weighted by Crippen LogP contribution is -2.47. The molecule has 3 aromatic rings. The Hall–Kier alpha value is -5.34. The second-order valence-electron chi connectivity index (χ2n) is 15.5. The zero-order chi connectivity index (χ0) is 34.2. The molecule has 4 unspecified atom stereocenters. The first kappa shape index (κ1) is 30.3. The number of benzene rings is 2. The molecule has 2 heterocycles. The lowest BCUT2D eigenvalue weighted by atomic mass is 9.72. The summed E-state index contributed by atoms with van der Waals surface area (Å²) in [5, 5.41) is 4.24. The molecular formula is C50H44N2. The Morgan fingerprint density at radius 3 is 2.42 bits per heavy atom. The van der Waals surface area contributed by atoms with Gasteiger partial charge in [-0.05, 0) is 108 Å². The normalized spacial score (nSPS) is 26.6. The predicted octanol–water partition coefficient (Wildman–Crippen LogP) is 10.3. The van der Waals surface area contributed by atoms with Gasteiger partial charge in [0, 0.05) is 50.6 Å². The fourth-order valence-corrected chi connectivity index (χ4v) is 10.6. The van der Waals surface area contributed by atoms with E-state index < -0.39 is 0 Å². The molecule has 8 aliphatic rings. The van der Waals surface area contributed by atoms with Crippen LogP contribution in [0.5, 0.6) is 0 Å². The molecule has 2 nitrogen and oxygen atoms in total. The largest absolute Gasteiger partial charge is 0.339 e. The monoisotopic (exact) mass is 672 g/mol. The van der Waals surface area contributed by atoms with Crippen LogP contribution in [0.3, 0.4) is 0 Å². The third kappa shape index (κ3) is 4.56. The average molecular weight is 673 g/mol. The van der Waals surface area contributed by atoms with Gasteiger partial charge in [-0.25, -0.2) is 0 Å². The Balaban J connectivity index is 1.04. The van der Waals surface area contributed by atoms with Gasteiger partial charge >= 0.3 is 0 Å². The maximum atomic E-state index is 2.82. The highest BCUT2D eigenvalue weighted by atomic mass is 15.2. The van der Waals surface area contributed by atoms with Crippen LogP contribution in [0.2, 0.25) is 0 Å². The first-order chi connectivity index (χ1) is 25.8. The molecule has 1 aromatic heterocycles. The van der Waals surface area contributed by atoms with E-state index in [1.54, 1.807) is 0 Å². The molecule has 7 aliphatic carbocycles. The van der Waals surface area contributed by atoms with Crippen LogP contribution in [0, 0.1) is 11.8 Å². The molecule has 254 valence electrons. The summed E-state index contributed by atoms with van der Waals surface area (Å²) in [7, 11) is 0. The highest BCUT2D eigenvalue weighted by Gasteiger charge is 2.43. The van der Waals surface area contributed by atoms with Crippen molar-refractivity contribution in [2.45, 2.75) is 63.5 Å². The van der Waals surface area contributed by atoms with Crippen molar-refractivity contribution in [3.05, 3.63) is 189 Å². The maximum Gasteiger partial charge on any atom is 0.0627 e. The molecule has 0 saturated heterocycles. The summed E-state index contributed by atoms with van der Waals surface area (Å²) in [6.45, 7) is 0. The van der Waals surface area contributed by atoms with Crippen molar-refractivity contribution in [3.63, 3.8) is 0 Å². The Kier molecular flexibility index (Phi) is 7.07. The average Bonchev–Trinajstić information content (AvgIpc) is 3.72. The molecule has 0 radical (unpaired) electrons. The van der Waals surface area contributed by atoms with Gasteiger partial charge in [-0.3, -0.25) is 0 Å². The summed E-state index contributed by atoms with van der Waals surface area (Å²) >= 11 is 0. The fraction of sp³-hybridized carbons (Fsp3) is 0.240. The summed E-state index contributed by atoms with van der Waals surface area (Å²) in [5.41, 5.74) is 16.0. The van der Waals surface area contributed by atoms with Crippen LogP contribution in [0.25, 0.3) is 33.8 Å². The minimum absolute atomic E-state index is 0.310. The van der Waals surface area contributed by atoms with Gasteiger partial charge in [0.25, 0.3) is 0 Å². The van der Waals surface area contributed by atoms with E-state index in [0.717, 1.165) is 51.4 Å². The lowest BCUT2D eigenvalue weighted by molar-refractivity contribution is 0.377. The smallest absolute Gasteiger partial charge is 0.0627 e. The van der Waals surface area contributed by atoms with E-state index in [1.807, 2.05) is 0 Å². The minimum Gasteiger partial charge on any atom is -0.339 e. The van der Waals surface area contributed by atoms with Gasteiger partial charge < -0.3 is 9.47 Å². The molecule has 0 fully saturated rings. The SMILES string of the molecule is C1=CCCC(C2=c3ccccc3=C(N3C4=C(C=CCC4)C4=CC(c5ccc6c(c5)c5c(n6C6C=CC=CC6)CCC=C5)=CCC43)C3C=CC=CC23)=C1. The molecule has 0 N–H and O–H groups in total. The van der Waals surface area contributed by atoms with Crippen molar-refractivity contribution in [1.82, 2.24) is 9.47 Å². The zero-order valence-electron chi connectivity index (χ0n) is 29.7. The number of aromatic nitrogens is 1. The van der Waals surface area contributed by atoms with Gasteiger partial charge in [-0.2, -0.15) is 0 Å². The summed E-state index contributed by atoms with van der Waals surface area (Å²) in [6, 6.07) is 17.3. The lowest BCUT2D eigenvalue weighted by Gasteiger charge is -2.42. The van der Waals surface area contributed by atoms with E-state index >= 15 is 0 Å². The quantitative estimate of drug-likeness (QED) is 0.268. The highest BCUT2D eigenvalue weighted by Crippen LogP contribution is 2.50. The van der Waals surface area contributed by atoms with Crippen molar-refractivity contribution in [2.24, 2.45) is 11.8 Å². The van der Waals surface area contributed by atoms with Crippen molar-refractivity contribution < 1.29 is 0 Å². The second-order valence-corrected chi connectivity index (χ2v) is 15.5. The van der Waals surface area contributed by atoms with Gasteiger partial charge in [0.2, 0.25) is 0 Å². The van der Waals surface area contributed by atoms with E-state index in [1.165, 1.54) is 77.4 Å². The van der Waals surface area contributed by atoms with Gasteiger partial charge in [0.1, 0.15) is 0 Å². The number of hydrogen-bond acceptors (Lipinski definition) is 1. The third-order valence-corrected chi connectivity index (χ3v) is 12.8. The topological polar surface area (TPSA) is 8.17 Å². The molecule has 1 aliphatic heterocycles. The maximum absolute atomic E-state index is 2.82. The predicted molar refractivity (Wildman–Crippen MR) is 217 cm³/mol. The zero-order valence-corrected chi connectivity index (χ0v) is 29.7. The number of rotatable bonds is 4. The van der Waals surface area contributed by atoms with Crippen LogP contribution in [-0.2, 0) is 6.42 Å².